The molecule has 1 aliphatic carbocycles. The lowest BCUT2D eigenvalue weighted by molar-refractivity contribution is -0.130. The standard InChI is InChI=1S/C34H33FN8O3/c35-25-9-5-20(6-10-25)32-40-33(42-41-32)34(13-14-39-19-29(44)43-15-1-2-26(43)18-36)27-11-7-23(30(37)45)16-21(27)3-4-22-17-24(31(38)46)8-12-28(22)34/h5-12,16-17,26,39H,1-4,13-15,19H2,(H2,37,45)(H2,38,46)(H,40,41,42). The minimum atomic E-state index is -0.988. The number of hydrogen-bond donors (Lipinski definition) is 4. The predicted molar refractivity (Wildman–Crippen MR) is 167 cm³/mol. The Hall–Kier alpha value is -5.41. The molecule has 12 heteroatoms. The van der Waals surface area contributed by atoms with Crippen molar-refractivity contribution in [1.29, 1.82) is 5.26 Å². The number of hydrogen-bond acceptors (Lipinski definition) is 7. The first kappa shape index (κ1) is 30.6. The van der Waals surface area contributed by atoms with Crippen molar-refractivity contribution >= 4 is 17.7 Å². The highest BCUT2D eigenvalue weighted by molar-refractivity contribution is 5.94. The van der Waals surface area contributed by atoms with Crippen molar-refractivity contribution in [3.8, 4) is 17.5 Å². The fourth-order valence-electron chi connectivity index (χ4n) is 6.75. The Bertz CT molecular complexity index is 1800. The van der Waals surface area contributed by atoms with Gasteiger partial charge in [0.1, 0.15) is 17.7 Å². The largest absolute Gasteiger partial charge is 0.366 e. The third-order valence-corrected chi connectivity index (χ3v) is 9.03. The van der Waals surface area contributed by atoms with Crippen LogP contribution in [0, 0.1) is 17.1 Å². The van der Waals surface area contributed by atoms with Gasteiger partial charge in [0.05, 0.1) is 18.0 Å². The summed E-state index contributed by atoms with van der Waals surface area (Å²) in [5, 5.41) is 20.4. The van der Waals surface area contributed by atoms with Crippen molar-refractivity contribution < 1.29 is 18.8 Å². The molecule has 6 rings (SSSR count). The number of nitrogens with two attached hydrogens (primary N) is 2. The van der Waals surface area contributed by atoms with E-state index in [1.807, 2.05) is 12.1 Å². The van der Waals surface area contributed by atoms with Crippen LogP contribution >= 0.6 is 0 Å². The monoisotopic (exact) mass is 620 g/mol. The SMILES string of the molecule is N#CC1CCCN1C(=O)CNCCC1(c2nc(-c3ccc(F)cc3)n[nH]2)c2ccc(C(N)=O)cc2CCc2cc(C(N)=O)ccc21. The maximum Gasteiger partial charge on any atom is 0.248 e. The van der Waals surface area contributed by atoms with Crippen LogP contribution in [0.1, 0.15) is 68.1 Å². The molecule has 0 radical (unpaired) electrons. The van der Waals surface area contributed by atoms with Gasteiger partial charge in [-0.25, -0.2) is 9.37 Å². The fourth-order valence-corrected chi connectivity index (χ4v) is 6.75. The number of nitrogens with zero attached hydrogens (tertiary/aromatic N) is 4. The van der Waals surface area contributed by atoms with Crippen molar-refractivity contribution in [3.63, 3.8) is 0 Å². The number of H-pyrrole nitrogens is 1. The molecule has 2 aliphatic rings. The highest BCUT2D eigenvalue weighted by Crippen LogP contribution is 2.46. The Morgan fingerprint density at radius 2 is 1.63 bits per heavy atom. The van der Waals surface area contributed by atoms with Crippen LogP contribution in [0.25, 0.3) is 11.4 Å². The maximum atomic E-state index is 13.7. The number of likely N-dealkylation sites (tertiary alicyclic amines) is 1. The molecule has 1 unspecified atom stereocenters. The summed E-state index contributed by atoms with van der Waals surface area (Å²) in [6.07, 6.45) is 2.95. The van der Waals surface area contributed by atoms with Crippen molar-refractivity contribution in [2.24, 2.45) is 11.5 Å². The second-order valence-electron chi connectivity index (χ2n) is 11.7. The van der Waals surface area contributed by atoms with Gasteiger partial charge in [-0.3, -0.25) is 19.5 Å². The number of carbonyl (C=O) groups is 3. The first-order valence-electron chi connectivity index (χ1n) is 15.2. The number of benzene rings is 3. The summed E-state index contributed by atoms with van der Waals surface area (Å²) in [5.41, 5.74) is 15.2. The zero-order valence-corrected chi connectivity index (χ0v) is 25.1. The number of nitriles is 1. The van der Waals surface area contributed by atoms with Crippen molar-refractivity contribution in [1.82, 2.24) is 25.4 Å². The number of aryl methyl sites for hydroxylation is 2. The van der Waals surface area contributed by atoms with Crippen LogP contribution in [0.4, 0.5) is 4.39 Å². The molecule has 11 nitrogen and oxygen atoms in total. The summed E-state index contributed by atoms with van der Waals surface area (Å²) in [6.45, 7) is 0.960. The Labute approximate surface area is 264 Å². The zero-order chi connectivity index (χ0) is 32.4. The van der Waals surface area contributed by atoms with E-state index < -0.39 is 23.3 Å². The van der Waals surface area contributed by atoms with Gasteiger partial charge in [-0.05, 0) is 109 Å². The Morgan fingerprint density at radius 1 is 1.00 bits per heavy atom. The first-order chi connectivity index (χ1) is 22.2. The minimum Gasteiger partial charge on any atom is -0.366 e. The van der Waals surface area contributed by atoms with Gasteiger partial charge < -0.3 is 21.7 Å². The summed E-state index contributed by atoms with van der Waals surface area (Å²) < 4.78 is 13.7. The molecule has 0 bridgehead atoms. The molecule has 1 atom stereocenters. The lowest BCUT2D eigenvalue weighted by Crippen LogP contribution is -2.42. The number of primary amides is 2. The number of rotatable bonds is 9. The van der Waals surface area contributed by atoms with E-state index in [0.29, 0.717) is 67.1 Å². The number of aromatic amines is 1. The summed E-state index contributed by atoms with van der Waals surface area (Å²) in [5.74, 6) is -0.774. The maximum absolute atomic E-state index is 13.7. The number of fused-ring (bicyclic) bond motifs is 2. The minimum absolute atomic E-state index is 0.0481. The van der Waals surface area contributed by atoms with Crippen LogP contribution in [0.5, 0.6) is 0 Å². The lowest BCUT2D eigenvalue weighted by Gasteiger charge is -2.35. The van der Waals surface area contributed by atoms with E-state index in [2.05, 4.69) is 21.6 Å². The molecule has 0 spiro atoms. The van der Waals surface area contributed by atoms with Gasteiger partial charge >= 0.3 is 0 Å². The van der Waals surface area contributed by atoms with Crippen LogP contribution in [0.15, 0.2) is 60.7 Å². The number of amides is 3. The number of halogens is 1. The Kier molecular flexibility index (Phi) is 8.34. The summed E-state index contributed by atoms with van der Waals surface area (Å²) >= 11 is 0. The molecule has 1 saturated heterocycles. The van der Waals surface area contributed by atoms with Gasteiger partial charge in [0.2, 0.25) is 17.7 Å². The Balaban J connectivity index is 1.46. The van der Waals surface area contributed by atoms with Crippen LogP contribution in [0.3, 0.4) is 0 Å². The molecular formula is C34H33FN8O3. The highest BCUT2D eigenvalue weighted by Gasteiger charge is 2.44. The molecule has 3 aromatic carbocycles. The molecule has 6 N–H and O–H groups in total. The van der Waals surface area contributed by atoms with E-state index in [1.54, 1.807) is 41.3 Å². The lowest BCUT2D eigenvalue weighted by atomic mass is 9.69. The molecule has 2 heterocycles. The van der Waals surface area contributed by atoms with E-state index >= 15 is 0 Å². The van der Waals surface area contributed by atoms with E-state index in [1.165, 1.54) is 12.1 Å². The van der Waals surface area contributed by atoms with Gasteiger partial charge in [0.25, 0.3) is 0 Å². The molecule has 1 aromatic heterocycles. The number of aromatic nitrogens is 3. The molecule has 1 fully saturated rings. The second kappa shape index (κ2) is 12.5. The third-order valence-electron chi connectivity index (χ3n) is 9.03. The number of nitrogens with one attached hydrogen (secondary N) is 2. The van der Waals surface area contributed by atoms with Crippen LogP contribution < -0.4 is 16.8 Å². The van der Waals surface area contributed by atoms with Gasteiger partial charge in [-0.1, -0.05) is 12.1 Å². The molecule has 4 aromatic rings. The van der Waals surface area contributed by atoms with E-state index in [4.69, 9.17) is 16.5 Å². The summed E-state index contributed by atoms with van der Waals surface area (Å²) in [4.78, 5) is 44.0. The van der Waals surface area contributed by atoms with Gasteiger partial charge in [0, 0.05) is 23.2 Å². The van der Waals surface area contributed by atoms with Crippen LogP contribution in [-0.2, 0) is 23.1 Å². The van der Waals surface area contributed by atoms with Gasteiger partial charge in [-0.2, -0.15) is 10.4 Å². The average Bonchev–Trinajstić information content (AvgIpc) is 3.73. The van der Waals surface area contributed by atoms with Crippen molar-refractivity contribution in [3.05, 3.63) is 106 Å². The second-order valence-corrected chi connectivity index (χ2v) is 11.7. The summed E-state index contributed by atoms with van der Waals surface area (Å²) in [7, 11) is 0. The smallest absolute Gasteiger partial charge is 0.248 e. The molecule has 3 amide bonds. The van der Waals surface area contributed by atoms with Crippen LogP contribution in [0.2, 0.25) is 0 Å². The van der Waals surface area contributed by atoms with Gasteiger partial charge in [0.15, 0.2) is 5.82 Å². The fraction of sp³-hybridized carbons (Fsp3) is 0.294. The molecule has 0 saturated carbocycles. The molecular weight excluding hydrogens is 587 g/mol. The molecule has 1 aliphatic heterocycles. The highest BCUT2D eigenvalue weighted by atomic mass is 19.1. The average molecular weight is 621 g/mol. The number of carbonyl (C=O) groups excluding carboxylic acids is 3. The van der Waals surface area contributed by atoms with Crippen molar-refractivity contribution in [2.75, 3.05) is 19.6 Å². The quantitative estimate of drug-likeness (QED) is 0.207. The normalized spacial score (nSPS) is 16.6. The topological polar surface area (TPSA) is 184 Å². The third kappa shape index (κ3) is 5.61. The Morgan fingerprint density at radius 3 is 2.22 bits per heavy atom. The van der Waals surface area contributed by atoms with Crippen LogP contribution in [-0.4, -0.2) is 63.5 Å². The predicted octanol–water partition coefficient (Wildman–Crippen LogP) is 2.74. The first-order valence-corrected chi connectivity index (χ1v) is 15.2. The zero-order valence-electron chi connectivity index (χ0n) is 25.1. The molecule has 46 heavy (non-hydrogen) atoms. The molecule has 234 valence electrons. The van der Waals surface area contributed by atoms with Gasteiger partial charge in [-0.15, -0.1) is 0 Å². The van der Waals surface area contributed by atoms with Crippen molar-refractivity contribution in [2.45, 2.75) is 43.6 Å². The van der Waals surface area contributed by atoms with E-state index in [-0.39, 0.29) is 18.3 Å². The summed E-state index contributed by atoms with van der Waals surface area (Å²) in [6, 6.07) is 18.4. The van der Waals surface area contributed by atoms with E-state index in [9.17, 15) is 24.0 Å². The van der Waals surface area contributed by atoms with E-state index in [0.717, 1.165) is 28.7 Å².